The molecule has 0 aliphatic rings. The van der Waals surface area contributed by atoms with Crippen molar-refractivity contribution in [1.29, 1.82) is 0 Å². The first-order chi connectivity index (χ1) is 18.0. The number of aromatic nitrogens is 6. The van der Waals surface area contributed by atoms with Gasteiger partial charge in [0.1, 0.15) is 11.6 Å². The molecule has 0 saturated heterocycles. The first-order valence-corrected chi connectivity index (χ1v) is 12.1. The Bertz CT molecular complexity index is 1640. The zero-order chi connectivity index (χ0) is 25.9. The maximum atomic E-state index is 13.9. The highest BCUT2D eigenvalue weighted by molar-refractivity contribution is 5.81. The topological polar surface area (TPSA) is 127 Å². The molecule has 0 fully saturated rings. The van der Waals surface area contributed by atoms with Gasteiger partial charge in [-0.25, -0.2) is 15.0 Å². The predicted molar refractivity (Wildman–Crippen MR) is 147 cm³/mol. The van der Waals surface area contributed by atoms with Crippen LogP contribution in [0.25, 0.3) is 28.7 Å². The molecule has 2 aromatic carbocycles. The van der Waals surface area contributed by atoms with Gasteiger partial charge in [-0.3, -0.25) is 9.36 Å². The van der Waals surface area contributed by atoms with E-state index in [0.717, 1.165) is 28.2 Å². The van der Waals surface area contributed by atoms with Crippen LogP contribution in [0.5, 0.6) is 0 Å². The Hall–Kier alpha value is -4.79. The number of aromatic amines is 1. The van der Waals surface area contributed by atoms with Gasteiger partial charge >= 0.3 is 0 Å². The number of nitrogens with zero attached hydrogens (tertiary/aromatic N) is 5. The summed E-state index contributed by atoms with van der Waals surface area (Å²) in [6.45, 7) is 5.85. The molecule has 3 aromatic heterocycles. The van der Waals surface area contributed by atoms with Crippen LogP contribution in [0.3, 0.4) is 0 Å². The lowest BCUT2D eigenvalue weighted by Crippen LogP contribution is -2.29. The molecule has 37 heavy (non-hydrogen) atoms. The normalized spacial score (nSPS) is 12.3. The minimum absolute atomic E-state index is 0.110. The van der Waals surface area contributed by atoms with Crippen molar-refractivity contribution in [2.75, 3.05) is 11.1 Å². The number of nitrogen functional groups attached to an aromatic ring is 1. The molecule has 0 aliphatic carbocycles. The van der Waals surface area contributed by atoms with E-state index in [1.54, 1.807) is 17.1 Å². The van der Waals surface area contributed by atoms with Crippen LogP contribution in [0.1, 0.15) is 47.7 Å². The summed E-state index contributed by atoms with van der Waals surface area (Å²) in [7, 11) is 0. The van der Waals surface area contributed by atoms with Crippen molar-refractivity contribution in [2.45, 2.75) is 33.2 Å². The van der Waals surface area contributed by atoms with Gasteiger partial charge in [0.2, 0.25) is 5.95 Å². The molecule has 9 nitrogen and oxygen atoms in total. The molecule has 3 heterocycles. The van der Waals surface area contributed by atoms with Gasteiger partial charge in [-0.05, 0) is 56.2 Å². The van der Waals surface area contributed by atoms with E-state index >= 15 is 0 Å². The van der Waals surface area contributed by atoms with Crippen molar-refractivity contribution >= 4 is 34.8 Å². The van der Waals surface area contributed by atoms with Gasteiger partial charge in [0.25, 0.3) is 5.56 Å². The van der Waals surface area contributed by atoms with Gasteiger partial charge in [0, 0.05) is 11.8 Å². The Morgan fingerprint density at radius 1 is 1.05 bits per heavy atom. The average molecular weight is 493 g/mol. The first-order valence-electron chi connectivity index (χ1n) is 12.1. The van der Waals surface area contributed by atoms with Gasteiger partial charge < -0.3 is 16.0 Å². The molecule has 0 bridgehead atoms. The quantitative estimate of drug-likeness (QED) is 0.297. The lowest BCUT2D eigenvalue weighted by molar-refractivity contribution is 0.658. The molecule has 9 heteroatoms. The summed E-state index contributed by atoms with van der Waals surface area (Å²) in [5, 5.41) is 4.12. The third-order valence-electron chi connectivity index (χ3n) is 6.27. The molecule has 5 aromatic rings. The molecular formula is C28H28N8O. The highest BCUT2D eigenvalue weighted by atomic mass is 16.1. The lowest BCUT2D eigenvalue weighted by atomic mass is 10.1. The summed E-state index contributed by atoms with van der Waals surface area (Å²) >= 11 is 0. The highest BCUT2D eigenvalue weighted by Crippen LogP contribution is 2.28. The van der Waals surface area contributed by atoms with E-state index < -0.39 is 0 Å². The van der Waals surface area contributed by atoms with Gasteiger partial charge in [-0.2, -0.15) is 4.98 Å². The summed E-state index contributed by atoms with van der Waals surface area (Å²) in [5.41, 5.74) is 10.5. The zero-order valence-corrected chi connectivity index (χ0v) is 20.9. The van der Waals surface area contributed by atoms with Crippen LogP contribution in [0.15, 0.2) is 65.8 Å². The van der Waals surface area contributed by atoms with Crippen molar-refractivity contribution in [3.8, 4) is 5.69 Å². The number of fused-ring (bicyclic) bond motifs is 1. The van der Waals surface area contributed by atoms with Crippen molar-refractivity contribution in [3.63, 3.8) is 0 Å². The number of hydrogen-bond acceptors (Lipinski definition) is 7. The van der Waals surface area contributed by atoms with Crippen molar-refractivity contribution in [3.05, 3.63) is 99.7 Å². The fraction of sp³-hybridized carbons (Fsp3) is 0.179. The Kier molecular flexibility index (Phi) is 6.51. The molecule has 0 radical (unpaired) electrons. The number of nitrogens with two attached hydrogens (primary N) is 1. The third kappa shape index (κ3) is 4.71. The zero-order valence-electron chi connectivity index (χ0n) is 20.9. The summed E-state index contributed by atoms with van der Waals surface area (Å²) < 4.78 is 1.69. The van der Waals surface area contributed by atoms with Crippen LogP contribution in [0, 0.1) is 13.8 Å². The van der Waals surface area contributed by atoms with Crippen LogP contribution < -0.4 is 16.6 Å². The Balaban J connectivity index is 1.67. The van der Waals surface area contributed by atoms with Crippen molar-refractivity contribution in [2.24, 2.45) is 0 Å². The Morgan fingerprint density at radius 2 is 1.86 bits per heavy atom. The molecule has 5 rings (SSSR count). The lowest BCUT2D eigenvalue weighted by Gasteiger charge is -2.23. The summed E-state index contributed by atoms with van der Waals surface area (Å²) in [6.07, 6.45) is 7.84. The minimum Gasteiger partial charge on any atom is -0.368 e. The van der Waals surface area contributed by atoms with Crippen molar-refractivity contribution in [1.82, 2.24) is 29.5 Å². The highest BCUT2D eigenvalue weighted by Gasteiger charge is 2.22. The van der Waals surface area contributed by atoms with Crippen molar-refractivity contribution < 1.29 is 0 Å². The second-order valence-corrected chi connectivity index (χ2v) is 8.78. The molecule has 1 unspecified atom stereocenters. The van der Waals surface area contributed by atoms with Gasteiger partial charge in [0.05, 0.1) is 40.3 Å². The monoisotopic (exact) mass is 492 g/mol. The Morgan fingerprint density at radius 3 is 2.59 bits per heavy atom. The van der Waals surface area contributed by atoms with Crippen LogP contribution >= 0.6 is 0 Å². The van der Waals surface area contributed by atoms with E-state index in [1.807, 2.05) is 81.5 Å². The second kappa shape index (κ2) is 10.1. The first kappa shape index (κ1) is 23.9. The number of nitrogens with one attached hydrogen (secondary N) is 2. The van der Waals surface area contributed by atoms with Crippen LogP contribution in [-0.2, 0) is 0 Å². The van der Waals surface area contributed by atoms with Gasteiger partial charge in [-0.15, -0.1) is 0 Å². The summed E-state index contributed by atoms with van der Waals surface area (Å²) in [4.78, 5) is 34.9. The molecule has 0 amide bonds. The fourth-order valence-electron chi connectivity index (χ4n) is 4.43. The van der Waals surface area contributed by atoms with Crippen LogP contribution in [0.4, 0.5) is 11.8 Å². The number of para-hydroxylation sites is 1. The number of aryl methyl sites for hydroxylation is 2. The fourth-order valence-corrected chi connectivity index (χ4v) is 4.43. The predicted octanol–water partition coefficient (Wildman–Crippen LogP) is 4.83. The number of imidazole rings is 1. The van der Waals surface area contributed by atoms with E-state index in [4.69, 9.17) is 10.7 Å². The second-order valence-electron chi connectivity index (χ2n) is 8.78. The maximum Gasteiger partial charge on any atom is 0.266 e. The summed E-state index contributed by atoms with van der Waals surface area (Å²) in [5.74, 6) is 1.31. The van der Waals surface area contributed by atoms with Crippen LogP contribution in [-0.4, -0.2) is 29.5 Å². The molecule has 1 atom stereocenters. The molecule has 4 N–H and O–H groups in total. The number of H-pyrrole nitrogens is 1. The summed E-state index contributed by atoms with van der Waals surface area (Å²) in [6, 6.07) is 14.9. The largest absolute Gasteiger partial charge is 0.368 e. The molecular weight excluding hydrogens is 464 g/mol. The number of anilines is 2. The number of hydrogen-bond donors (Lipinski definition) is 3. The smallest absolute Gasteiger partial charge is 0.266 e. The van der Waals surface area contributed by atoms with E-state index in [-0.39, 0.29) is 17.5 Å². The molecule has 186 valence electrons. The third-order valence-corrected chi connectivity index (χ3v) is 6.27. The molecule has 0 aliphatic heterocycles. The average Bonchev–Trinajstić information content (AvgIpc) is 3.40. The molecule has 0 saturated carbocycles. The Labute approximate surface area is 214 Å². The number of rotatable bonds is 7. The molecule has 0 spiro atoms. The van der Waals surface area contributed by atoms with Gasteiger partial charge in [0.15, 0.2) is 0 Å². The van der Waals surface area contributed by atoms with E-state index in [0.29, 0.717) is 29.0 Å². The number of benzene rings is 2. The standard InChI is InChI=1S/C28H28N8O/c1-4-22(33-25-21(18(3)32-28(29)35-25)14-13-19-15-30-16-31-19)26-34-23-12-8-9-17(2)24(23)27(37)36(26)20-10-6-5-7-11-20/h5-16,22H,4H2,1-3H3,(H,30,31)(H3,29,32,33,35)/b14-13+. The maximum absolute atomic E-state index is 13.9. The van der Waals surface area contributed by atoms with Crippen LogP contribution in [0.2, 0.25) is 0 Å². The SMILES string of the molecule is CCC(Nc1nc(N)nc(C)c1/C=C/c1c[nH]cn1)c1nc2cccc(C)c2c(=O)n1-c1ccccc1. The van der Waals surface area contributed by atoms with E-state index in [1.165, 1.54) is 0 Å². The van der Waals surface area contributed by atoms with E-state index in [9.17, 15) is 4.79 Å². The minimum atomic E-state index is -0.343. The van der Waals surface area contributed by atoms with Gasteiger partial charge in [-0.1, -0.05) is 37.3 Å². The van der Waals surface area contributed by atoms with E-state index in [2.05, 4.69) is 25.3 Å².